The second-order valence-corrected chi connectivity index (χ2v) is 4.61. The first kappa shape index (κ1) is 10.9. The molecule has 1 atom stereocenters. The van der Waals surface area contributed by atoms with Crippen molar-refractivity contribution < 1.29 is 4.74 Å². The maximum atomic E-state index is 5.55. The van der Waals surface area contributed by atoms with E-state index in [2.05, 4.69) is 9.88 Å². The minimum atomic E-state index is 0.351. The third-order valence-electron chi connectivity index (χ3n) is 2.73. The lowest BCUT2D eigenvalue weighted by Gasteiger charge is -2.31. The van der Waals surface area contributed by atoms with Crippen LogP contribution in [0.4, 0.5) is 5.13 Å². The van der Waals surface area contributed by atoms with Crippen LogP contribution < -0.4 is 10.6 Å². The summed E-state index contributed by atoms with van der Waals surface area (Å²) in [5.74, 6) is 0. The Morgan fingerprint density at radius 1 is 1.73 bits per heavy atom. The van der Waals surface area contributed by atoms with E-state index >= 15 is 0 Å². The summed E-state index contributed by atoms with van der Waals surface area (Å²) in [4.78, 5) is 6.78. The first-order chi connectivity index (χ1) is 7.33. The molecule has 0 bridgehead atoms. The summed E-state index contributed by atoms with van der Waals surface area (Å²) in [5.41, 5.74) is 6.53. The standard InChI is InChI=1S/C10H17N3OS/c1-14-9-3-2-4-13(6-9)10-12-8(5-11)7-15-10/h7,9H,2-6,11H2,1H3. The van der Waals surface area contributed by atoms with Crippen molar-refractivity contribution in [2.45, 2.75) is 25.5 Å². The smallest absolute Gasteiger partial charge is 0.185 e. The van der Waals surface area contributed by atoms with Gasteiger partial charge in [0.1, 0.15) is 0 Å². The highest BCUT2D eigenvalue weighted by atomic mass is 32.1. The number of methoxy groups -OCH3 is 1. The molecule has 0 aliphatic carbocycles. The van der Waals surface area contributed by atoms with Crippen molar-refractivity contribution in [3.63, 3.8) is 0 Å². The summed E-state index contributed by atoms with van der Waals surface area (Å²) in [6.45, 7) is 2.56. The van der Waals surface area contributed by atoms with E-state index in [1.165, 1.54) is 6.42 Å². The molecule has 15 heavy (non-hydrogen) atoms. The van der Waals surface area contributed by atoms with Crippen molar-refractivity contribution in [2.75, 3.05) is 25.1 Å². The van der Waals surface area contributed by atoms with E-state index in [4.69, 9.17) is 10.5 Å². The number of ether oxygens (including phenoxy) is 1. The Labute approximate surface area is 94.1 Å². The van der Waals surface area contributed by atoms with Crippen LogP contribution in [0.5, 0.6) is 0 Å². The molecule has 1 saturated heterocycles. The van der Waals surface area contributed by atoms with Gasteiger partial charge in [-0.3, -0.25) is 0 Å². The van der Waals surface area contributed by atoms with Crippen LogP contribution in [-0.2, 0) is 11.3 Å². The number of hydrogen-bond acceptors (Lipinski definition) is 5. The Hall–Kier alpha value is -0.650. The summed E-state index contributed by atoms with van der Waals surface area (Å²) in [6, 6.07) is 0. The van der Waals surface area contributed by atoms with Gasteiger partial charge >= 0.3 is 0 Å². The monoisotopic (exact) mass is 227 g/mol. The maximum Gasteiger partial charge on any atom is 0.185 e. The van der Waals surface area contributed by atoms with Crippen LogP contribution in [0.2, 0.25) is 0 Å². The Balaban J connectivity index is 2.03. The van der Waals surface area contributed by atoms with Crippen LogP contribution in [-0.4, -0.2) is 31.3 Å². The van der Waals surface area contributed by atoms with Crippen LogP contribution >= 0.6 is 11.3 Å². The molecule has 84 valence electrons. The van der Waals surface area contributed by atoms with Crippen LogP contribution in [0.3, 0.4) is 0 Å². The fourth-order valence-corrected chi connectivity index (χ4v) is 2.71. The zero-order valence-electron chi connectivity index (χ0n) is 8.98. The number of thiazole rings is 1. The first-order valence-corrected chi connectivity index (χ1v) is 6.13. The largest absolute Gasteiger partial charge is 0.380 e. The number of anilines is 1. The molecule has 0 amide bonds. The summed E-state index contributed by atoms with van der Waals surface area (Å²) in [6.07, 6.45) is 2.68. The molecule has 1 aromatic rings. The molecule has 0 radical (unpaired) electrons. The Kier molecular flexibility index (Phi) is 3.56. The van der Waals surface area contributed by atoms with Crippen molar-refractivity contribution in [1.82, 2.24) is 4.98 Å². The summed E-state index contributed by atoms with van der Waals surface area (Å²) < 4.78 is 5.39. The molecular weight excluding hydrogens is 210 g/mol. The Bertz CT molecular complexity index is 315. The van der Waals surface area contributed by atoms with Crippen molar-refractivity contribution in [3.05, 3.63) is 11.1 Å². The second kappa shape index (κ2) is 4.92. The quantitative estimate of drug-likeness (QED) is 0.843. The lowest BCUT2D eigenvalue weighted by atomic mass is 10.1. The van der Waals surface area contributed by atoms with Crippen LogP contribution in [0.25, 0.3) is 0 Å². The van der Waals surface area contributed by atoms with Gasteiger partial charge in [-0.1, -0.05) is 0 Å². The highest BCUT2D eigenvalue weighted by Gasteiger charge is 2.21. The number of nitrogens with two attached hydrogens (primary N) is 1. The number of hydrogen-bond donors (Lipinski definition) is 1. The van der Waals surface area contributed by atoms with Gasteiger partial charge in [-0.2, -0.15) is 0 Å². The van der Waals surface area contributed by atoms with E-state index in [-0.39, 0.29) is 0 Å². The molecule has 0 saturated carbocycles. The fraction of sp³-hybridized carbons (Fsp3) is 0.700. The topological polar surface area (TPSA) is 51.4 Å². The molecule has 1 fully saturated rings. The first-order valence-electron chi connectivity index (χ1n) is 5.25. The van der Waals surface area contributed by atoms with E-state index in [1.807, 2.05) is 5.38 Å². The molecular formula is C10H17N3OS. The normalized spacial score (nSPS) is 22.0. The molecule has 1 aliphatic rings. The molecule has 1 aromatic heterocycles. The van der Waals surface area contributed by atoms with Gasteiger partial charge in [-0.25, -0.2) is 4.98 Å². The van der Waals surface area contributed by atoms with E-state index < -0.39 is 0 Å². The average molecular weight is 227 g/mol. The zero-order valence-corrected chi connectivity index (χ0v) is 9.80. The van der Waals surface area contributed by atoms with Crippen molar-refractivity contribution in [2.24, 2.45) is 5.73 Å². The highest BCUT2D eigenvalue weighted by Crippen LogP contribution is 2.24. The molecule has 0 spiro atoms. The number of nitrogens with zero attached hydrogens (tertiary/aromatic N) is 2. The lowest BCUT2D eigenvalue weighted by molar-refractivity contribution is 0.0893. The van der Waals surface area contributed by atoms with Gasteiger partial charge < -0.3 is 15.4 Å². The predicted molar refractivity (Wildman–Crippen MR) is 62.2 cm³/mol. The zero-order chi connectivity index (χ0) is 10.7. The third-order valence-corrected chi connectivity index (χ3v) is 3.68. The Morgan fingerprint density at radius 2 is 2.60 bits per heavy atom. The van der Waals surface area contributed by atoms with E-state index in [9.17, 15) is 0 Å². The van der Waals surface area contributed by atoms with Gasteiger partial charge in [0.15, 0.2) is 5.13 Å². The van der Waals surface area contributed by atoms with Crippen LogP contribution in [0, 0.1) is 0 Å². The molecule has 2 heterocycles. The van der Waals surface area contributed by atoms with Gasteiger partial charge in [0, 0.05) is 32.1 Å². The molecule has 1 aliphatic heterocycles. The van der Waals surface area contributed by atoms with Crippen LogP contribution in [0.1, 0.15) is 18.5 Å². The van der Waals surface area contributed by atoms with Gasteiger partial charge in [-0.15, -0.1) is 11.3 Å². The van der Waals surface area contributed by atoms with Crippen molar-refractivity contribution in [1.29, 1.82) is 0 Å². The van der Waals surface area contributed by atoms with E-state index in [0.29, 0.717) is 12.6 Å². The molecule has 0 aromatic carbocycles. The SMILES string of the molecule is COC1CCCN(c2nc(CN)cs2)C1. The van der Waals surface area contributed by atoms with Crippen LogP contribution in [0.15, 0.2) is 5.38 Å². The predicted octanol–water partition coefficient (Wildman–Crippen LogP) is 1.22. The average Bonchev–Trinajstić information content (AvgIpc) is 2.78. The van der Waals surface area contributed by atoms with E-state index in [1.54, 1.807) is 18.4 Å². The second-order valence-electron chi connectivity index (χ2n) is 3.77. The maximum absolute atomic E-state index is 5.55. The minimum Gasteiger partial charge on any atom is -0.380 e. The molecule has 2 rings (SSSR count). The number of aromatic nitrogens is 1. The number of rotatable bonds is 3. The number of piperidine rings is 1. The summed E-state index contributed by atoms with van der Waals surface area (Å²) >= 11 is 1.67. The molecule has 1 unspecified atom stereocenters. The van der Waals surface area contributed by atoms with Crippen molar-refractivity contribution in [3.8, 4) is 0 Å². The van der Waals surface area contributed by atoms with Crippen molar-refractivity contribution >= 4 is 16.5 Å². The Morgan fingerprint density at radius 3 is 3.27 bits per heavy atom. The van der Waals surface area contributed by atoms with Gasteiger partial charge in [-0.05, 0) is 12.8 Å². The molecule has 2 N–H and O–H groups in total. The molecule has 5 heteroatoms. The third kappa shape index (κ3) is 2.48. The molecule has 4 nitrogen and oxygen atoms in total. The van der Waals surface area contributed by atoms with Gasteiger partial charge in [0.05, 0.1) is 11.8 Å². The summed E-state index contributed by atoms with van der Waals surface area (Å²) in [7, 11) is 1.78. The van der Waals surface area contributed by atoms with Gasteiger partial charge in [0.2, 0.25) is 0 Å². The summed E-state index contributed by atoms with van der Waals surface area (Å²) in [5, 5.41) is 3.11. The fourth-order valence-electron chi connectivity index (χ4n) is 1.84. The highest BCUT2D eigenvalue weighted by molar-refractivity contribution is 7.13. The lowest BCUT2D eigenvalue weighted by Crippen LogP contribution is -2.39. The minimum absolute atomic E-state index is 0.351. The van der Waals surface area contributed by atoms with Gasteiger partial charge in [0.25, 0.3) is 0 Å². The van der Waals surface area contributed by atoms with E-state index in [0.717, 1.165) is 30.3 Å².